The summed E-state index contributed by atoms with van der Waals surface area (Å²) in [6.07, 6.45) is 0.0127. The minimum atomic E-state index is -0.972. The Kier molecular flexibility index (Phi) is 3.04. The zero-order valence-corrected chi connectivity index (χ0v) is 6.97. The fraction of sp³-hybridized carbons (Fsp3) is 0.714. The molecular formula is C7H13NO3. The summed E-state index contributed by atoms with van der Waals surface area (Å²) < 4.78 is 0. The van der Waals surface area contributed by atoms with Crippen molar-refractivity contribution in [3.05, 3.63) is 0 Å². The molecule has 4 nitrogen and oxygen atoms in total. The van der Waals surface area contributed by atoms with Gasteiger partial charge in [-0.1, -0.05) is 0 Å². The molecule has 0 fully saturated rings. The summed E-state index contributed by atoms with van der Waals surface area (Å²) in [5, 5.41) is 11.0. The van der Waals surface area contributed by atoms with Crippen LogP contribution in [0.5, 0.6) is 0 Å². The van der Waals surface area contributed by atoms with Crippen LogP contribution in [0.4, 0.5) is 0 Å². The molecule has 0 saturated heterocycles. The van der Waals surface area contributed by atoms with E-state index in [1.165, 1.54) is 20.9 Å². The summed E-state index contributed by atoms with van der Waals surface area (Å²) >= 11 is 0. The molecule has 0 saturated carbocycles. The highest BCUT2D eigenvalue weighted by Crippen LogP contribution is 2.19. The third kappa shape index (κ3) is 3.02. The number of carbonyl (C=O) groups is 2. The SMILES string of the molecule is CNC(=O)CC(C)(C)C(=O)O. The molecule has 11 heavy (non-hydrogen) atoms. The second kappa shape index (κ2) is 3.37. The number of aliphatic carboxylic acids is 1. The lowest BCUT2D eigenvalue weighted by molar-refractivity contribution is -0.149. The molecule has 0 aliphatic rings. The Morgan fingerprint density at radius 3 is 2.18 bits per heavy atom. The van der Waals surface area contributed by atoms with Crippen molar-refractivity contribution in [3.8, 4) is 0 Å². The number of amides is 1. The van der Waals surface area contributed by atoms with E-state index in [1.807, 2.05) is 0 Å². The Balaban J connectivity index is 4.12. The first-order valence-electron chi connectivity index (χ1n) is 3.34. The van der Waals surface area contributed by atoms with Gasteiger partial charge in [-0.2, -0.15) is 0 Å². The van der Waals surface area contributed by atoms with Crippen LogP contribution in [0.25, 0.3) is 0 Å². The van der Waals surface area contributed by atoms with Crippen molar-refractivity contribution in [1.82, 2.24) is 5.32 Å². The van der Waals surface area contributed by atoms with Crippen LogP contribution in [-0.4, -0.2) is 24.0 Å². The Morgan fingerprint density at radius 2 is 1.91 bits per heavy atom. The minimum absolute atomic E-state index is 0.0127. The van der Waals surface area contributed by atoms with Crippen LogP contribution in [0, 0.1) is 5.41 Å². The van der Waals surface area contributed by atoms with Crippen LogP contribution in [-0.2, 0) is 9.59 Å². The Morgan fingerprint density at radius 1 is 1.45 bits per heavy atom. The monoisotopic (exact) mass is 159 g/mol. The van der Waals surface area contributed by atoms with Gasteiger partial charge in [-0.3, -0.25) is 9.59 Å². The number of rotatable bonds is 3. The van der Waals surface area contributed by atoms with E-state index in [0.717, 1.165) is 0 Å². The van der Waals surface area contributed by atoms with Gasteiger partial charge in [0, 0.05) is 13.5 Å². The third-order valence-corrected chi connectivity index (χ3v) is 1.46. The van der Waals surface area contributed by atoms with Crippen LogP contribution in [0.2, 0.25) is 0 Å². The number of carboxylic acids is 1. The summed E-state index contributed by atoms with van der Waals surface area (Å²) in [5.41, 5.74) is -0.972. The molecule has 1 amide bonds. The summed E-state index contributed by atoms with van der Waals surface area (Å²) in [6, 6.07) is 0. The molecule has 2 N–H and O–H groups in total. The van der Waals surface area contributed by atoms with E-state index in [1.54, 1.807) is 0 Å². The van der Waals surface area contributed by atoms with E-state index < -0.39 is 11.4 Å². The highest BCUT2D eigenvalue weighted by atomic mass is 16.4. The molecule has 0 rings (SSSR count). The van der Waals surface area contributed by atoms with E-state index in [-0.39, 0.29) is 12.3 Å². The Hall–Kier alpha value is -1.06. The maximum Gasteiger partial charge on any atom is 0.309 e. The molecule has 0 aromatic heterocycles. The number of hydrogen-bond acceptors (Lipinski definition) is 2. The molecule has 0 heterocycles. The van der Waals surface area contributed by atoms with Crippen LogP contribution >= 0.6 is 0 Å². The average Bonchev–Trinajstić information content (AvgIpc) is 1.86. The highest BCUT2D eigenvalue weighted by Gasteiger charge is 2.29. The molecule has 0 aromatic rings. The van der Waals surface area contributed by atoms with Gasteiger partial charge in [-0.15, -0.1) is 0 Å². The number of nitrogens with one attached hydrogen (secondary N) is 1. The molecule has 0 unspecified atom stereocenters. The van der Waals surface area contributed by atoms with Gasteiger partial charge in [0.25, 0.3) is 0 Å². The second-order valence-electron chi connectivity index (χ2n) is 3.04. The standard InChI is InChI=1S/C7H13NO3/c1-7(2,6(10)11)4-5(9)8-3/h4H2,1-3H3,(H,8,9)(H,10,11). The molecule has 0 aliphatic heterocycles. The van der Waals surface area contributed by atoms with Crippen molar-refractivity contribution in [2.24, 2.45) is 5.41 Å². The number of hydrogen-bond donors (Lipinski definition) is 2. The fourth-order valence-corrected chi connectivity index (χ4v) is 0.565. The second-order valence-corrected chi connectivity index (χ2v) is 3.04. The first kappa shape index (κ1) is 9.94. The normalized spacial score (nSPS) is 10.8. The molecule has 0 radical (unpaired) electrons. The third-order valence-electron chi connectivity index (χ3n) is 1.46. The van der Waals surface area contributed by atoms with Gasteiger partial charge in [0.15, 0.2) is 0 Å². The minimum Gasteiger partial charge on any atom is -0.481 e. The van der Waals surface area contributed by atoms with Crippen molar-refractivity contribution in [1.29, 1.82) is 0 Å². The van der Waals surface area contributed by atoms with Crippen LogP contribution < -0.4 is 5.32 Å². The van der Waals surface area contributed by atoms with Gasteiger partial charge >= 0.3 is 5.97 Å². The van der Waals surface area contributed by atoms with Crippen molar-refractivity contribution >= 4 is 11.9 Å². The largest absolute Gasteiger partial charge is 0.481 e. The van der Waals surface area contributed by atoms with Crippen molar-refractivity contribution in [3.63, 3.8) is 0 Å². The molecule has 0 bridgehead atoms. The molecule has 0 spiro atoms. The molecule has 64 valence electrons. The van der Waals surface area contributed by atoms with Gasteiger partial charge in [0.05, 0.1) is 5.41 Å². The zero-order chi connectivity index (χ0) is 9.07. The van der Waals surface area contributed by atoms with E-state index in [2.05, 4.69) is 5.32 Å². The van der Waals surface area contributed by atoms with E-state index in [4.69, 9.17) is 5.11 Å². The maximum atomic E-state index is 10.8. The molecule has 0 aliphatic carbocycles. The van der Waals surface area contributed by atoms with Crippen molar-refractivity contribution in [2.45, 2.75) is 20.3 Å². The summed E-state index contributed by atoms with van der Waals surface area (Å²) in [5.74, 6) is -1.21. The predicted octanol–water partition coefficient (Wildman–Crippen LogP) is 0.233. The summed E-state index contributed by atoms with van der Waals surface area (Å²) in [6.45, 7) is 3.04. The van der Waals surface area contributed by atoms with E-state index in [0.29, 0.717) is 0 Å². The number of carbonyl (C=O) groups excluding carboxylic acids is 1. The van der Waals surface area contributed by atoms with E-state index >= 15 is 0 Å². The van der Waals surface area contributed by atoms with E-state index in [9.17, 15) is 9.59 Å². The van der Waals surface area contributed by atoms with Gasteiger partial charge in [-0.05, 0) is 13.8 Å². The van der Waals surface area contributed by atoms with Gasteiger partial charge in [0.2, 0.25) is 5.91 Å². The summed E-state index contributed by atoms with van der Waals surface area (Å²) in [7, 11) is 1.49. The molecule has 0 aromatic carbocycles. The Bertz CT molecular complexity index is 175. The lowest BCUT2D eigenvalue weighted by atomic mass is 9.89. The lowest BCUT2D eigenvalue weighted by Gasteiger charge is -2.16. The van der Waals surface area contributed by atoms with Gasteiger partial charge in [0.1, 0.15) is 0 Å². The van der Waals surface area contributed by atoms with Gasteiger partial charge in [-0.25, -0.2) is 0 Å². The van der Waals surface area contributed by atoms with Crippen LogP contribution in [0.1, 0.15) is 20.3 Å². The summed E-state index contributed by atoms with van der Waals surface area (Å²) in [4.78, 5) is 21.2. The van der Waals surface area contributed by atoms with Crippen LogP contribution in [0.3, 0.4) is 0 Å². The van der Waals surface area contributed by atoms with Crippen molar-refractivity contribution in [2.75, 3.05) is 7.05 Å². The van der Waals surface area contributed by atoms with Gasteiger partial charge < -0.3 is 10.4 Å². The Labute approximate surface area is 65.6 Å². The highest BCUT2D eigenvalue weighted by molar-refractivity contribution is 5.84. The first-order chi connectivity index (χ1) is 4.90. The smallest absolute Gasteiger partial charge is 0.309 e. The fourth-order valence-electron chi connectivity index (χ4n) is 0.565. The maximum absolute atomic E-state index is 10.8. The molecular weight excluding hydrogens is 146 g/mol. The van der Waals surface area contributed by atoms with Crippen LogP contribution in [0.15, 0.2) is 0 Å². The lowest BCUT2D eigenvalue weighted by Crippen LogP contribution is -2.31. The zero-order valence-electron chi connectivity index (χ0n) is 6.97. The first-order valence-corrected chi connectivity index (χ1v) is 3.34. The predicted molar refractivity (Wildman–Crippen MR) is 40.1 cm³/mol. The molecule has 4 heteroatoms. The van der Waals surface area contributed by atoms with Crippen molar-refractivity contribution < 1.29 is 14.7 Å². The average molecular weight is 159 g/mol. The molecule has 0 atom stereocenters. The number of carboxylic acid groups (broad SMARTS) is 1. The quantitative estimate of drug-likeness (QED) is 0.619. The topological polar surface area (TPSA) is 66.4 Å².